The minimum Gasteiger partial charge on any atom is -0.478 e. The molecule has 1 unspecified atom stereocenters. The summed E-state index contributed by atoms with van der Waals surface area (Å²) in [6, 6.07) is 13.5. The molecule has 3 aliphatic rings. The lowest BCUT2D eigenvalue weighted by Crippen LogP contribution is -2.43. The summed E-state index contributed by atoms with van der Waals surface area (Å²) in [6.45, 7) is 1.83. The van der Waals surface area contributed by atoms with Crippen molar-refractivity contribution in [1.29, 1.82) is 0 Å². The molecule has 8 nitrogen and oxygen atoms in total. The van der Waals surface area contributed by atoms with E-state index in [-0.39, 0.29) is 11.6 Å². The second-order valence-electron chi connectivity index (χ2n) is 7.32. The first-order chi connectivity index (χ1) is 14.5. The molecule has 0 amide bonds. The summed E-state index contributed by atoms with van der Waals surface area (Å²) in [5, 5.41) is 28.3. The van der Waals surface area contributed by atoms with Crippen LogP contribution in [0.4, 0.5) is 5.82 Å². The highest BCUT2D eigenvalue weighted by molar-refractivity contribution is 7.99. The second-order valence-corrected chi connectivity index (χ2v) is 8.42. The number of fused-ring (bicyclic) bond motifs is 4. The van der Waals surface area contributed by atoms with Crippen LogP contribution in [0.5, 0.6) is 0 Å². The van der Waals surface area contributed by atoms with Gasteiger partial charge in [0.2, 0.25) is 0 Å². The Hall–Kier alpha value is -2.91. The lowest BCUT2D eigenvalue weighted by molar-refractivity contribution is -0.135. The van der Waals surface area contributed by atoms with Crippen molar-refractivity contribution in [3.63, 3.8) is 0 Å². The summed E-state index contributed by atoms with van der Waals surface area (Å²) < 4.78 is 0. The van der Waals surface area contributed by atoms with Crippen molar-refractivity contribution in [3.8, 4) is 0 Å². The van der Waals surface area contributed by atoms with Gasteiger partial charge in [0.15, 0.2) is 5.82 Å². The molecular weight excluding hydrogens is 404 g/mol. The molecule has 1 aromatic carbocycles. The van der Waals surface area contributed by atoms with E-state index in [2.05, 4.69) is 20.0 Å². The highest BCUT2D eigenvalue weighted by atomic mass is 32.2. The molecule has 2 N–H and O–H groups in total. The fourth-order valence-electron chi connectivity index (χ4n) is 4.10. The maximum absolute atomic E-state index is 11.8. The Bertz CT molecular complexity index is 943. The van der Waals surface area contributed by atoms with Crippen LogP contribution in [0.2, 0.25) is 0 Å². The van der Waals surface area contributed by atoms with Crippen molar-refractivity contribution in [2.24, 2.45) is 0 Å². The smallest absolute Gasteiger partial charge is 0.333 e. The predicted molar refractivity (Wildman–Crippen MR) is 112 cm³/mol. The lowest BCUT2D eigenvalue weighted by atomic mass is 10.0. The van der Waals surface area contributed by atoms with Crippen molar-refractivity contribution < 1.29 is 19.8 Å². The first-order valence-electron chi connectivity index (χ1n) is 9.76. The van der Waals surface area contributed by atoms with E-state index in [1.165, 1.54) is 11.8 Å². The lowest BCUT2D eigenvalue weighted by Gasteiger charge is -2.32. The van der Waals surface area contributed by atoms with Crippen LogP contribution < -0.4 is 4.90 Å². The molecule has 156 valence electrons. The molecule has 0 saturated carbocycles. The van der Waals surface area contributed by atoms with Crippen molar-refractivity contribution in [2.75, 3.05) is 24.5 Å². The van der Waals surface area contributed by atoms with E-state index in [0.717, 1.165) is 41.9 Å². The molecule has 0 aliphatic carbocycles. The number of anilines is 1. The molecule has 3 aliphatic heterocycles. The molecule has 4 heterocycles. The third-order valence-electron chi connectivity index (χ3n) is 5.52. The van der Waals surface area contributed by atoms with Gasteiger partial charge in [-0.05, 0) is 37.1 Å². The maximum Gasteiger partial charge on any atom is 0.333 e. The van der Waals surface area contributed by atoms with Gasteiger partial charge in [0.25, 0.3) is 0 Å². The highest BCUT2D eigenvalue weighted by Crippen LogP contribution is 2.32. The van der Waals surface area contributed by atoms with Crippen LogP contribution in [0.15, 0.2) is 64.0 Å². The Morgan fingerprint density at radius 1 is 1.03 bits per heavy atom. The predicted octanol–water partition coefficient (Wildman–Crippen LogP) is 2.38. The molecule has 30 heavy (non-hydrogen) atoms. The molecular formula is C21H22N4O4S. The molecule has 2 bridgehead atoms. The Labute approximate surface area is 178 Å². The Morgan fingerprint density at radius 3 is 2.37 bits per heavy atom. The number of piperidine rings is 1. The van der Waals surface area contributed by atoms with Gasteiger partial charge in [0.05, 0.1) is 11.6 Å². The monoisotopic (exact) mass is 426 g/mol. The van der Waals surface area contributed by atoms with Gasteiger partial charge >= 0.3 is 11.9 Å². The first kappa shape index (κ1) is 20.4. The number of benzene rings is 1. The average molecular weight is 426 g/mol. The van der Waals surface area contributed by atoms with Crippen molar-refractivity contribution in [3.05, 3.63) is 54.1 Å². The van der Waals surface area contributed by atoms with Gasteiger partial charge in [0.1, 0.15) is 5.03 Å². The number of aromatic nitrogens is 2. The van der Waals surface area contributed by atoms with Crippen LogP contribution in [-0.2, 0) is 9.59 Å². The number of rotatable bonds is 6. The van der Waals surface area contributed by atoms with E-state index < -0.39 is 18.0 Å². The van der Waals surface area contributed by atoms with E-state index >= 15 is 0 Å². The van der Waals surface area contributed by atoms with Gasteiger partial charge in [0, 0.05) is 36.6 Å². The molecule has 0 radical (unpaired) electrons. The zero-order valence-electron chi connectivity index (χ0n) is 16.2. The van der Waals surface area contributed by atoms with Crippen molar-refractivity contribution in [2.45, 2.75) is 34.8 Å². The summed E-state index contributed by atoms with van der Waals surface area (Å²) in [5.41, 5.74) is -0.0979. The molecule has 3 saturated heterocycles. The third kappa shape index (κ3) is 4.47. The Kier molecular flexibility index (Phi) is 6.01. The average Bonchev–Trinajstić information content (AvgIpc) is 3.03. The van der Waals surface area contributed by atoms with Gasteiger partial charge in [-0.1, -0.05) is 30.0 Å². The number of carboxylic acids is 2. The summed E-state index contributed by atoms with van der Waals surface area (Å²) >= 11 is 1.53. The molecule has 1 atom stereocenters. The molecule has 0 spiro atoms. The summed E-state index contributed by atoms with van der Waals surface area (Å²) in [7, 11) is 0. The van der Waals surface area contributed by atoms with E-state index in [1.54, 1.807) is 0 Å². The van der Waals surface area contributed by atoms with Gasteiger partial charge in [-0.2, -0.15) is 0 Å². The minimum atomic E-state index is -1.25. The Balaban J connectivity index is 1.58. The van der Waals surface area contributed by atoms with Crippen LogP contribution in [0, 0.1) is 0 Å². The van der Waals surface area contributed by atoms with Crippen LogP contribution in [-0.4, -0.2) is 69.0 Å². The van der Waals surface area contributed by atoms with Crippen LogP contribution in [0.3, 0.4) is 0 Å². The van der Waals surface area contributed by atoms with Crippen LogP contribution in [0.1, 0.15) is 12.8 Å². The number of nitrogens with zero attached hydrogens (tertiary/aromatic N) is 4. The molecule has 9 heteroatoms. The molecule has 2 aromatic rings. The topological polar surface area (TPSA) is 107 Å². The number of carbonyl (C=O) groups is 2. The fraction of sp³-hybridized carbons (Fsp3) is 0.333. The van der Waals surface area contributed by atoms with Crippen LogP contribution in [0.25, 0.3) is 0 Å². The van der Waals surface area contributed by atoms with Gasteiger partial charge in [-0.3, -0.25) is 4.90 Å². The number of hydrogen-bond acceptors (Lipinski definition) is 7. The van der Waals surface area contributed by atoms with E-state index in [1.807, 2.05) is 42.5 Å². The summed E-state index contributed by atoms with van der Waals surface area (Å²) in [6.07, 6.45) is 2.56. The Morgan fingerprint density at radius 2 is 1.77 bits per heavy atom. The zero-order chi connectivity index (χ0) is 21.1. The number of aliphatic carboxylic acids is 2. The molecule has 5 rings (SSSR count). The normalized spacial score (nSPS) is 23.8. The van der Waals surface area contributed by atoms with Gasteiger partial charge in [-0.25, -0.2) is 9.59 Å². The van der Waals surface area contributed by atoms with Gasteiger partial charge < -0.3 is 15.1 Å². The quantitative estimate of drug-likeness (QED) is 0.673. The highest BCUT2D eigenvalue weighted by Gasteiger charge is 2.39. The molecule has 1 aromatic heterocycles. The van der Waals surface area contributed by atoms with E-state index in [4.69, 9.17) is 5.11 Å². The largest absolute Gasteiger partial charge is 0.478 e. The maximum atomic E-state index is 11.8. The minimum absolute atomic E-state index is 0.0979. The standard InChI is InChI=1S/C21H22N4O4S/c26-20(27)12-16(21(28)29)17-13-25(14-8-10-24(17)11-9-14)18-6-7-19(23-22-18)30-15-4-2-1-3-5-15/h1-7,12,14,17H,8-11,13H2,(H,26,27)(H,28,29)/b16-12+. The second kappa shape index (κ2) is 8.85. The zero-order valence-corrected chi connectivity index (χ0v) is 17.0. The van der Waals surface area contributed by atoms with Crippen molar-refractivity contribution in [1.82, 2.24) is 15.1 Å². The first-order valence-corrected chi connectivity index (χ1v) is 10.6. The van der Waals surface area contributed by atoms with Crippen molar-refractivity contribution >= 4 is 29.5 Å². The van der Waals surface area contributed by atoms with Crippen LogP contribution >= 0.6 is 11.8 Å². The van der Waals surface area contributed by atoms with E-state index in [9.17, 15) is 14.7 Å². The number of carboxylic acid groups (broad SMARTS) is 2. The SMILES string of the molecule is O=C(O)/C=C(/C(=O)O)C1CN(c2ccc(Sc3ccccc3)nn2)C2CCN1CC2. The fourth-order valence-corrected chi connectivity index (χ4v) is 4.85. The van der Waals surface area contributed by atoms with Gasteiger partial charge in [-0.15, -0.1) is 10.2 Å². The number of hydrogen-bond donors (Lipinski definition) is 2. The third-order valence-corrected chi connectivity index (χ3v) is 6.46. The molecule has 3 fully saturated rings. The van der Waals surface area contributed by atoms with E-state index in [0.29, 0.717) is 12.4 Å². The summed E-state index contributed by atoms with van der Waals surface area (Å²) in [4.78, 5) is 28.2. The summed E-state index contributed by atoms with van der Waals surface area (Å²) in [5.74, 6) is -1.76.